The number of fused-ring (bicyclic) bond motifs is 1. The van der Waals surface area contributed by atoms with Crippen molar-refractivity contribution in [2.24, 2.45) is 13.0 Å². The zero-order valence-corrected chi connectivity index (χ0v) is 20.6. The molecule has 0 radical (unpaired) electrons. The average Bonchev–Trinajstić information content (AvgIpc) is 2.88. The molecule has 1 fully saturated rings. The number of halogens is 3. The number of hydrogen-bond acceptors (Lipinski definition) is 5. The largest absolute Gasteiger partial charge is 0.493 e. The SMILES string of the molecule is Cc1cccc(N2CCC(CCOc3ccc(-c4cc5c([nH]n5C)c(C#N)n4)cc3C(F)(F)F)CC2)n1. The molecule has 1 saturated heterocycles. The van der Waals surface area contributed by atoms with Crippen molar-refractivity contribution in [1.82, 2.24) is 19.7 Å². The topological polar surface area (TPSA) is 82.8 Å². The zero-order chi connectivity index (χ0) is 26.2. The second-order valence-electron chi connectivity index (χ2n) is 9.45. The number of benzene rings is 1. The summed E-state index contributed by atoms with van der Waals surface area (Å²) in [5.41, 5.74) is 2.13. The Morgan fingerprint density at radius 1 is 1.14 bits per heavy atom. The molecule has 10 heteroatoms. The van der Waals surface area contributed by atoms with Crippen LogP contribution in [-0.2, 0) is 13.2 Å². The fourth-order valence-corrected chi connectivity index (χ4v) is 4.84. The van der Waals surface area contributed by atoms with Gasteiger partial charge in [0.15, 0.2) is 5.69 Å². The van der Waals surface area contributed by atoms with E-state index in [0.717, 1.165) is 43.5 Å². The number of pyridine rings is 2. The highest BCUT2D eigenvalue weighted by Gasteiger charge is 2.35. The van der Waals surface area contributed by atoms with E-state index >= 15 is 0 Å². The van der Waals surface area contributed by atoms with Gasteiger partial charge in [0.2, 0.25) is 0 Å². The molecule has 0 aliphatic carbocycles. The predicted octanol–water partition coefficient (Wildman–Crippen LogP) is 5.85. The molecule has 0 atom stereocenters. The van der Waals surface area contributed by atoms with Crippen LogP contribution < -0.4 is 9.64 Å². The van der Waals surface area contributed by atoms with Crippen molar-refractivity contribution < 1.29 is 17.9 Å². The molecule has 0 unspecified atom stereocenters. The molecule has 4 heterocycles. The summed E-state index contributed by atoms with van der Waals surface area (Å²) in [6.07, 6.45) is -2.02. The molecule has 7 nitrogen and oxygen atoms in total. The Bertz CT molecular complexity index is 1460. The van der Waals surface area contributed by atoms with Crippen molar-refractivity contribution in [3.05, 3.63) is 59.4 Å². The van der Waals surface area contributed by atoms with Gasteiger partial charge in [-0.05, 0) is 68.5 Å². The number of aryl methyl sites for hydroxylation is 2. The summed E-state index contributed by atoms with van der Waals surface area (Å²) in [5, 5.41) is 12.3. The van der Waals surface area contributed by atoms with Gasteiger partial charge in [-0.2, -0.15) is 18.4 Å². The Morgan fingerprint density at radius 2 is 1.92 bits per heavy atom. The standard InChI is InChI=1S/C27H27F3N6O/c1-17-4-3-5-25(32-17)36-11-8-18(9-12-36)10-13-37-24-7-6-19(14-20(24)27(28,29)30)21-15-23-26(34-35(23)2)22(16-31)33-21/h3-7,14-15,18,34H,8-13H2,1-2H3. The number of aromatic amines is 1. The molecule has 0 bridgehead atoms. The second-order valence-corrected chi connectivity index (χ2v) is 9.45. The first-order valence-electron chi connectivity index (χ1n) is 12.2. The van der Waals surface area contributed by atoms with Crippen LogP contribution in [0, 0.1) is 24.2 Å². The molecule has 0 spiro atoms. The van der Waals surface area contributed by atoms with Gasteiger partial charge in [0, 0.05) is 31.4 Å². The van der Waals surface area contributed by atoms with Crippen LogP contribution in [0.5, 0.6) is 5.75 Å². The second kappa shape index (κ2) is 9.81. The summed E-state index contributed by atoms with van der Waals surface area (Å²) >= 11 is 0. The molecular formula is C27H27F3N6O. The van der Waals surface area contributed by atoms with Gasteiger partial charge in [0.25, 0.3) is 0 Å². The number of piperidine rings is 1. The molecule has 1 aliphatic heterocycles. The van der Waals surface area contributed by atoms with Gasteiger partial charge in [-0.25, -0.2) is 9.97 Å². The lowest BCUT2D eigenvalue weighted by molar-refractivity contribution is -0.138. The molecule has 3 aromatic heterocycles. The van der Waals surface area contributed by atoms with Crippen LogP contribution in [0.25, 0.3) is 22.3 Å². The van der Waals surface area contributed by atoms with Crippen LogP contribution in [-0.4, -0.2) is 39.4 Å². The molecule has 192 valence electrons. The third-order valence-corrected chi connectivity index (χ3v) is 6.92. The van der Waals surface area contributed by atoms with Crippen LogP contribution in [0.2, 0.25) is 0 Å². The molecular weight excluding hydrogens is 481 g/mol. The summed E-state index contributed by atoms with van der Waals surface area (Å²) < 4.78 is 49.2. The summed E-state index contributed by atoms with van der Waals surface area (Å²) in [4.78, 5) is 11.1. The van der Waals surface area contributed by atoms with Crippen molar-refractivity contribution in [1.29, 1.82) is 5.26 Å². The first-order chi connectivity index (χ1) is 17.7. The van der Waals surface area contributed by atoms with Crippen LogP contribution in [0.4, 0.5) is 19.0 Å². The van der Waals surface area contributed by atoms with Gasteiger partial charge in [0.1, 0.15) is 23.2 Å². The Balaban J connectivity index is 1.26. The number of aromatic nitrogens is 4. The number of alkyl halides is 3. The Morgan fingerprint density at radius 3 is 2.59 bits per heavy atom. The highest BCUT2D eigenvalue weighted by Crippen LogP contribution is 2.39. The van der Waals surface area contributed by atoms with Gasteiger partial charge in [-0.3, -0.25) is 9.78 Å². The Labute approximate surface area is 212 Å². The van der Waals surface area contributed by atoms with Crippen LogP contribution >= 0.6 is 0 Å². The highest BCUT2D eigenvalue weighted by atomic mass is 19.4. The minimum Gasteiger partial charge on any atom is -0.493 e. The van der Waals surface area contributed by atoms with Gasteiger partial charge in [-0.1, -0.05) is 6.07 Å². The average molecular weight is 509 g/mol. The van der Waals surface area contributed by atoms with Crippen molar-refractivity contribution in [2.75, 3.05) is 24.6 Å². The van der Waals surface area contributed by atoms with Gasteiger partial charge < -0.3 is 9.64 Å². The van der Waals surface area contributed by atoms with Gasteiger partial charge in [-0.15, -0.1) is 0 Å². The first-order valence-corrected chi connectivity index (χ1v) is 12.2. The van der Waals surface area contributed by atoms with Gasteiger partial charge in [0.05, 0.1) is 23.4 Å². The zero-order valence-electron chi connectivity index (χ0n) is 20.6. The lowest BCUT2D eigenvalue weighted by Crippen LogP contribution is -2.34. The lowest BCUT2D eigenvalue weighted by atomic mass is 9.94. The van der Waals surface area contributed by atoms with Crippen molar-refractivity contribution in [3.63, 3.8) is 0 Å². The maximum absolute atomic E-state index is 13.9. The van der Waals surface area contributed by atoms with E-state index in [4.69, 9.17) is 4.74 Å². The number of hydrogen-bond donors (Lipinski definition) is 1. The molecule has 37 heavy (non-hydrogen) atoms. The maximum atomic E-state index is 13.9. The number of nitrogens with one attached hydrogen (secondary N) is 1. The molecule has 1 aromatic carbocycles. The highest BCUT2D eigenvalue weighted by molar-refractivity contribution is 5.85. The third kappa shape index (κ3) is 5.12. The normalized spacial score (nSPS) is 14.8. The molecule has 1 N–H and O–H groups in total. The van der Waals surface area contributed by atoms with E-state index in [2.05, 4.69) is 20.0 Å². The third-order valence-electron chi connectivity index (χ3n) is 6.92. The Kier molecular flexibility index (Phi) is 6.54. The summed E-state index contributed by atoms with van der Waals surface area (Å²) in [7, 11) is 1.76. The van der Waals surface area contributed by atoms with Crippen LogP contribution in [0.1, 0.15) is 36.2 Å². The van der Waals surface area contributed by atoms with Gasteiger partial charge >= 0.3 is 6.18 Å². The minimum absolute atomic E-state index is 0.142. The van der Waals surface area contributed by atoms with E-state index < -0.39 is 11.7 Å². The van der Waals surface area contributed by atoms with Crippen LogP contribution in [0.3, 0.4) is 0 Å². The van der Waals surface area contributed by atoms with E-state index in [0.29, 0.717) is 29.1 Å². The van der Waals surface area contributed by atoms with Crippen molar-refractivity contribution >= 4 is 16.9 Å². The quantitative estimate of drug-likeness (QED) is 0.353. The number of nitriles is 1. The van der Waals surface area contributed by atoms with Crippen molar-refractivity contribution in [3.8, 4) is 23.1 Å². The molecule has 1 aliphatic rings. The summed E-state index contributed by atoms with van der Waals surface area (Å²) in [6, 6.07) is 13.6. The monoisotopic (exact) mass is 508 g/mol. The number of rotatable bonds is 6. The number of anilines is 1. The summed E-state index contributed by atoms with van der Waals surface area (Å²) in [5.74, 6) is 1.16. The smallest absolute Gasteiger partial charge is 0.419 e. The van der Waals surface area contributed by atoms with E-state index in [-0.39, 0.29) is 23.6 Å². The molecule has 0 amide bonds. The van der Waals surface area contributed by atoms with E-state index in [1.807, 2.05) is 31.2 Å². The minimum atomic E-state index is -4.59. The van der Waals surface area contributed by atoms with E-state index in [1.165, 1.54) is 6.07 Å². The fraction of sp³-hybridized carbons (Fsp3) is 0.370. The number of ether oxygens (including phenoxy) is 1. The number of nitrogens with zero attached hydrogens (tertiary/aromatic N) is 5. The molecule has 4 aromatic rings. The van der Waals surface area contributed by atoms with E-state index in [1.54, 1.807) is 23.9 Å². The first kappa shape index (κ1) is 24.7. The Hall–Kier alpha value is -4.00. The maximum Gasteiger partial charge on any atom is 0.419 e. The molecule has 0 saturated carbocycles. The number of H-pyrrole nitrogens is 1. The van der Waals surface area contributed by atoms with Crippen molar-refractivity contribution in [2.45, 2.75) is 32.4 Å². The summed E-state index contributed by atoms with van der Waals surface area (Å²) in [6.45, 7) is 3.91. The lowest BCUT2D eigenvalue weighted by Gasteiger charge is -2.33. The van der Waals surface area contributed by atoms with E-state index in [9.17, 15) is 18.4 Å². The fourth-order valence-electron chi connectivity index (χ4n) is 4.84. The van der Waals surface area contributed by atoms with Crippen LogP contribution in [0.15, 0.2) is 42.5 Å². The molecule has 5 rings (SSSR count). The predicted molar refractivity (Wildman–Crippen MR) is 134 cm³/mol.